The molecule has 1 aliphatic rings. The van der Waals surface area contributed by atoms with Crippen molar-refractivity contribution >= 4 is 5.78 Å². The molecule has 0 heterocycles. The molecule has 0 atom stereocenters. The van der Waals surface area contributed by atoms with Crippen LogP contribution in [0, 0.1) is 5.92 Å². The summed E-state index contributed by atoms with van der Waals surface area (Å²) >= 11 is 0. The normalized spacial score (nSPS) is 17.4. The Morgan fingerprint density at radius 2 is 2.18 bits per heavy atom. The van der Waals surface area contributed by atoms with Crippen molar-refractivity contribution in [3.63, 3.8) is 0 Å². The summed E-state index contributed by atoms with van der Waals surface area (Å²) in [5.74, 6) is 0.900. The number of carbonyl (C=O) groups excluding carboxylic acids is 1. The highest BCUT2D eigenvalue weighted by molar-refractivity contribution is 5.92. The Morgan fingerprint density at radius 1 is 1.45 bits per heavy atom. The van der Waals surface area contributed by atoms with E-state index >= 15 is 0 Å². The van der Waals surface area contributed by atoms with Crippen molar-refractivity contribution in [1.82, 2.24) is 0 Å². The van der Waals surface area contributed by atoms with Crippen LogP contribution in [0.1, 0.15) is 26.7 Å². The Labute approximate surface area is 67.8 Å². The molecule has 1 aliphatic carbocycles. The van der Waals surface area contributed by atoms with Gasteiger partial charge in [0.15, 0.2) is 5.78 Å². The molecule has 11 heavy (non-hydrogen) atoms. The molecule has 0 saturated carbocycles. The molecule has 1 nitrogen and oxygen atoms in total. The van der Waals surface area contributed by atoms with Gasteiger partial charge in [-0.05, 0) is 18.4 Å². The monoisotopic (exact) mass is 150 g/mol. The van der Waals surface area contributed by atoms with E-state index in [1.807, 2.05) is 12.2 Å². The number of allylic oxidation sites excluding steroid dienone is 4. The SMILES string of the molecule is CC(C)CC1=CCC(=O)C=C1. The van der Waals surface area contributed by atoms with E-state index in [-0.39, 0.29) is 5.78 Å². The first-order valence-corrected chi connectivity index (χ1v) is 4.08. The van der Waals surface area contributed by atoms with Gasteiger partial charge in [0, 0.05) is 6.42 Å². The van der Waals surface area contributed by atoms with Crippen molar-refractivity contribution in [3.8, 4) is 0 Å². The first-order valence-electron chi connectivity index (χ1n) is 4.08. The fourth-order valence-electron chi connectivity index (χ4n) is 1.19. The van der Waals surface area contributed by atoms with Gasteiger partial charge in [0.2, 0.25) is 0 Å². The zero-order valence-electron chi connectivity index (χ0n) is 7.13. The molecule has 0 N–H and O–H groups in total. The maximum Gasteiger partial charge on any atom is 0.159 e. The third-order valence-corrected chi connectivity index (χ3v) is 1.69. The van der Waals surface area contributed by atoms with Crippen LogP contribution in [-0.2, 0) is 4.79 Å². The van der Waals surface area contributed by atoms with Crippen LogP contribution in [0.25, 0.3) is 0 Å². The fraction of sp³-hybridized carbons (Fsp3) is 0.500. The predicted molar refractivity (Wildman–Crippen MR) is 46.3 cm³/mol. The average molecular weight is 150 g/mol. The summed E-state index contributed by atoms with van der Waals surface area (Å²) in [5, 5.41) is 0. The molecule has 0 aliphatic heterocycles. The number of ketones is 1. The minimum atomic E-state index is 0.220. The van der Waals surface area contributed by atoms with Crippen molar-refractivity contribution < 1.29 is 4.79 Å². The molecule has 0 bridgehead atoms. The number of rotatable bonds is 2. The highest BCUT2D eigenvalue weighted by Gasteiger charge is 2.04. The summed E-state index contributed by atoms with van der Waals surface area (Å²) in [5.41, 5.74) is 1.31. The van der Waals surface area contributed by atoms with Gasteiger partial charge >= 0.3 is 0 Å². The van der Waals surface area contributed by atoms with Gasteiger partial charge in [0.25, 0.3) is 0 Å². The smallest absolute Gasteiger partial charge is 0.159 e. The Bertz CT molecular complexity index is 209. The lowest BCUT2D eigenvalue weighted by atomic mass is 9.98. The topological polar surface area (TPSA) is 17.1 Å². The molecular weight excluding hydrogens is 136 g/mol. The van der Waals surface area contributed by atoms with Crippen LogP contribution in [0.15, 0.2) is 23.8 Å². The molecule has 0 saturated heterocycles. The highest BCUT2D eigenvalue weighted by atomic mass is 16.1. The maximum absolute atomic E-state index is 10.8. The highest BCUT2D eigenvalue weighted by Crippen LogP contribution is 2.15. The molecule has 0 amide bonds. The van der Waals surface area contributed by atoms with Crippen LogP contribution >= 0.6 is 0 Å². The van der Waals surface area contributed by atoms with Gasteiger partial charge < -0.3 is 0 Å². The van der Waals surface area contributed by atoms with Gasteiger partial charge in [-0.15, -0.1) is 0 Å². The summed E-state index contributed by atoms with van der Waals surface area (Å²) in [4.78, 5) is 10.8. The molecule has 0 spiro atoms. The quantitative estimate of drug-likeness (QED) is 0.591. The Kier molecular flexibility index (Phi) is 2.64. The van der Waals surface area contributed by atoms with E-state index in [1.54, 1.807) is 6.08 Å². The molecule has 60 valence electrons. The van der Waals surface area contributed by atoms with Crippen molar-refractivity contribution in [1.29, 1.82) is 0 Å². The summed E-state index contributed by atoms with van der Waals surface area (Å²) in [6, 6.07) is 0. The largest absolute Gasteiger partial charge is 0.295 e. The molecule has 0 aromatic carbocycles. The van der Waals surface area contributed by atoms with Gasteiger partial charge in [0.05, 0.1) is 0 Å². The summed E-state index contributed by atoms with van der Waals surface area (Å²) in [6.45, 7) is 4.37. The van der Waals surface area contributed by atoms with Crippen LogP contribution in [-0.4, -0.2) is 5.78 Å². The average Bonchev–Trinajstić information content (AvgIpc) is 1.93. The molecule has 1 rings (SSSR count). The predicted octanol–water partition coefficient (Wildman–Crippen LogP) is 2.49. The number of hydrogen-bond donors (Lipinski definition) is 0. The first kappa shape index (κ1) is 8.25. The second-order valence-corrected chi connectivity index (χ2v) is 3.38. The summed E-state index contributed by atoms with van der Waals surface area (Å²) in [6.07, 6.45) is 7.33. The Hall–Kier alpha value is -0.850. The van der Waals surface area contributed by atoms with E-state index in [4.69, 9.17) is 0 Å². The van der Waals surface area contributed by atoms with Crippen molar-refractivity contribution in [2.45, 2.75) is 26.7 Å². The molecule has 0 aromatic rings. The van der Waals surface area contributed by atoms with Gasteiger partial charge in [-0.3, -0.25) is 4.79 Å². The van der Waals surface area contributed by atoms with Crippen LogP contribution in [0.4, 0.5) is 0 Å². The van der Waals surface area contributed by atoms with E-state index in [0.717, 1.165) is 6.42 Å². The first-order chi connectivity index (χ1) is 5.18. The van der Waals surface area contributed by atoms with E-state index < -0.39 is 0 Å². The van der Waals surface area contributed by atoms with Crippen LogP contribution in [0.5, 0.6) is 0 Å². The van der Waals surface area contributed by atoms with Gasteiger partial charge in [-0.1, -0.05) is 31.6 Å². The van der Waals surface area contributed by atoms with E-state index in [1.165, 1.54) is 5.57 Å². The van der Waals surface area contributed by atoms with Crippen LogP contribution in [0.3, 0.4) is 0 Å². The summed E-state index contributed by atoms with van der Waals surface area (Å²) in [7, 11) is 0. The third-order valence-electron chi connectivity index (χ3n) is 1.69. The molecule has 0 aromatic heterocycles. The van der Waals surface area contributed by atoms with Crippen molar-refractivity contribution in [3.05, 3.63) is 23.8 Å². The molecular formula is C10H14O. The third kappa shape index (κ3) is 2.71. The fourth-order valence-corrected chi connectivity index (χ4v) is 1.19. The van der Waals surface area contributed by atoms with Crippen LogP contribution in [0.2, 0.25) is 0 Å². The second-order valence-electron chi connectivity index (χ2n) is 3.38. The standard InChI is InChI=1S/C10H14O/c1-8(2)7-9-3-5-10(11)6-4-9/h3-5,8H,6-7H2,1-2H3. The number of hydrogen-bond acceptors (Lipinski definition) is 1. The Morgan fingerprint density at radius 3 is 2.64 bits per heavy atom. The second kappa shape index (κ2) is 3.51. The minimum Gasteiger partial charge on any atom is -0.295 e. The molecule has 0 unspecified atom stereocenters. The van der Waals surface area contributed by atoms with Crippen molar-refractivity contribution in [2.75, 3.05) is 0 Å². The lowest BCUT2D eigenvalue weighted by molar-refractivity contribution is -0.113. The van der Waals surface area contributed by atoms with Gasteiger partial charge in [-0.25, -0.2) is 0 Å². The zero-order chi connectivity index (χ0) is 8.27. The van der Waals surface area contributed by atoms with Crippen LogP contribution < -0.4 is 0 Å². The molecule has 0 radical (unpaired) electrons. The lowest BCUT2D eigenvalue weighted by Crippen LogP contribution is -1.98. The number of carbonyl (C=O) groups is 1. The molecule has 0 fully saturated rings. The summed E-state index contributed by atoms with van der Waals surface area (Å²) < 4.78 is 0. The van der Waals surface area contributed by atoms with Gasteiger partial charge in [0.1, 0.15) is 0 Å². The van der Waals surface area contributed by atoms with E-state index in [0.29, 0.717) is 12.3 Å². The Balaban J connectivity index is 2.50. The van der Waals surface area contributed by atoms with E-state index in [2.05, 4.69) is 13.8 Å². The van der Waals surface area contributed by atoms with Gasteiger partial charge in [-0.2, -0.15) is 0 Å². The minimum absolute atomic E-state index is 0.220. The lowest BCUT2D eigenvalue weighted by Gasteiger charge is -2.08. The van der Waals surface area contributed by atoms with E-state index in [9.17, 15) is 4.79 Å². The van der Waals surface area contributed by atoms with Crippen molar-refractivity contribution in [2.24, 2.45) is 5.92 Å². The zero-order valence-corrected chi connectivity index (χ0v) is 7.13. The maximum atomic E-state index is 10.8. The molecule has 1 heteroatoms.